The molecule has 0 spiro atoms. The lowest BCUT2D eigenvalue weighted by Crippen LogP contribution is -2.51. The lowest BCUT2D eigenvalue weighted by molar-refractivity contribution is -0.149. The van der Waals surface area contributed by atoms with Crippen LogP contribution in [0.4, 0.5) is 4.39 Å². The maximum absolute atomic E-state index is 12.9. The van der Waals surface area contributed by atoms with E-state index in [-0.39, 0.29) is 11.4 Å². The van der Waals surface area contributed by atoms with Crippen molar-refractivity contribution in [2.45, 2.75) is 12.5 Å². The minimum absolute atomic E-state index is 0.253. The van der Waals surface area contributed by atoms with Crippen LogP contribution in [0, 0.1) is 5.82 Å². The van der Waals surface area contributed by atoms with Gasteiger partial charge in [0.05, 0.1) is 17.7 Å². The quantitative estimate of drug-likeness (QED) is 0.814. The van der Waals surface area contributed by atoms with Gasteiger partial charge in [0.25, 0.3) is 0 Å². The molecule has 0 atom stereocenters. The maximum atomic E-state index is 12.9. The highest BCUT2D eigenvalue weighted by Gasteiger charge is 2.35. The van der Waals surface area contributed by atoms with Crippen molar-refractivity contribution in [3.05, 3.63) is 28.5 Å². The average Bonchev–Trinajstić information content (AvgIpc) is 2.09. The van der Waals surface area contributed by atoms with Gasteiger partial charge in [-0.3, -0.25) is 0 Å². The molecule has 0 amide bonds. The van der Waals surface area contributed by atoms with Crippen LogP contribution in [0.1, 0.15) is 6.92 Å². The monoisotopic (exact) mass is 260 g/mol. The van der Waals surface area contributed by atoms with Gasteiger partial charge in [-0.2, -0.15) is 0 Å². The van der Waals surface area contributed by atoms with Crippen LogP contribution in [0.25, 0.3) is 0 Å². The molecule has 14 heavy (non-hydrogen) atoms. The molecule has 0 bridgehead atoms. The second kappa shape index (κ2) is 3.51. The third-order valence-corrected chi connectivity index (χ3v) is 2.68. The summed E-state index contributed by atoms with van der Waals surface area (Å²) < 4.78 is 24.0. The Hall–Kier alpha value is -0.610. The van der Waals surface area contributed by atoms with Crippen molar-refractivity contribution >= 4 is 15.9 Å². The summed E-state index contributed by atoms with van der Waals surface area (Å²) in [4.78, 5) is 0. The summed E-state index contributed by atoms with van der Waals surface area (Å²) in [6.07, 6.45) is 0. The van der Waals surface area contributed by atoms with E-state index in [9.17, 15) is 4.39 Å². The molecule has 1 heterocycles. The van der Waals surface area contributed by atoms with Crippen molar-refractivity contribution < 1.29 is 13.9 Å². The number of hydrogen-bond acceptors (Lipinski definition) is 2. The van der Waals surface area contributed by atoms with E-state index in [0.717, 1.165) is 0 Å². The van der Waals surface area contributed by atoms with Crippen LogP contribution in [-0.2, 0) is 4.74 Å². The molecule has 4 heteroatoms. The largest absolute Gasteiger partial charge is 0.483 e. The van der Waals surface area contributed by atoms with E-state index in [4.69, 9.17) is 9.47 Å². The van der Waals surface area contributed by atoms with E-state index in [0.29, 0.717) is 23.4 Å². The van der Waals surface area contributed by atoms with E-state index in [1.807, 2.05) is 6.92 Å². The topological polar surface area (TPSA) is 18.5 Å². The first-order valence-corrected chi connectivity index (χ1v) is 5.10. The molecular weight excluding hydrogens is 251 g/mol. The second-order valence-electron chi connectivity index (χ2n) is 3.62. The van der Waals surface area contributed by atoms with Gasteiger partial charge in [-0.25, -0.2) is 4.39 Å². The van der Waals surface area contributed by atoms with Gasteiger partial charge in [0.2, 0.25) is 0 Å². The minimum Gasteiger partial charge on any atom is -0.483 e. The molecule has 1 fully saturated rings. The molecular formula is C10H10BrFO2. The van der Waals surface area contributed by atoms with Crippen molar-refractivity contribution in [3.8, 4) is 5.75 Å². The van der Waals surface area contributed by atoms with Crippen LogP contribution in [0.5, 0.6) is 5.75 Å². The molecule has 0 saturated carbocycles. The first-order valence-electron chi connectivity index (χ1n) is 4.31. The van der Waals surface area contributed by atoms with Crippen LogP contribution < -0.4 is 4.74 Å². The van der Waals surface area contributed by atoms with Gasteiger partial charge in [0.1, 0.15) is 11.6 Å². The minimum atomic E-state index is -0.285. The van der Waals surface area contributed by atoms with Gasteiger partial charge in [-0.1, -0.05) is 0 Å². The van der Waals surface area contributed by atoms with Crippen LogP contribution in [-0.4, -0.2) is 18.8 Å². The fourth-order valence-electron chi connectivity index (χ4n) is 1.27. The SMILES string of the molecule is CC1(Oc2ccc(F)c(Br)c2)COC1. The fraction of sp³-hybridized carbons (Fsp3) is 0.400. The number of benzene rings is 1. The third-order valence-electron chi connectivity index (χ3n) is 2.07. The summed E-state index contributed by atoms with van der Waals surface area (Å²) in [5, 5.41) is 0. The van der Waals surface area contributed by atoms with Gasteiger partial charge in [0.15, 0.2) is 5.60 Å². The lowest BCUT2D eigenvalue weighted by atomic mass is 10.1. The number of halogens is 2. The molecule has 76 valence electrons. The second-order valence-corrected chi connectivity index (χ2v) is 4.48. The van der Waals surface area contributed by atoms with Crippen molar-refractivity contribution in [2.24, 2.45) is 0 Å². The Balaban J connectivity index is 2.13. The van der Waals surface area contributed by atoms with E-state index in [1.165, 1.54) is 6.07 Å². The lowest BCUT2D eigenvalue weighted by Gasteiger charge is -2.38. The highest BCUT2D eigenvalue weighted by atomic mass is 79.9. The van der Waals surface area contributed by atoms with Gasteiger partial charge in [-0.05, 0) is 41.1 Å². The van der Waals surface area contributed by atoms with Crippen molar-refractivity contribution in [1.29, 1.82) is 0 Å². The standard InChI is InChI=1S/C10H10BrFO2/c1-10(5-13-6-10)14-7-2-3-9(12)8(11)4-7/h2-4H,5-6H2,1H3. The van der Waals surface area contributed by atoms with Crippen LogP contribution in [0.3, 0.4) is 0 Å². The Bertz CT molecular complexity index is 350. The fourth-order valence-corrected chi connectivity index (χ4v) is 1.63. The van der Waals surface area contributed by atoms with E-state index >= 15 is 0 Å². The predicted molar refractivity (Wildman–Crippen MR) is 54.0 cm³/mol. The van der Waals surface area contributed by atoms with Crippen LogP contribution >= 0.6 is 15.9 Å². The third kappa shape index (κ3) is 1.91. The van der Waals surface area contributed by atoms with Crippen molar-refractivity contribution in [2.75, 3.05) is 13.2 Å². The molecule has 0 aliphatic carbocycles. The van der Waals surface area contributed by atoms with E-state index < -0.39 is 0 Å². The van der Waals surface area contributed by atoms with Crippen molar-refractivity contribution in [1.82, 2.24) is 0 Å². The molecule has 1 aromatic rings. The maximum Gasteiger partial charge on any atom is 0.152 e. The Morgan fingerprint density at radius 2 is 2.21 bits per heavy atom. The first-order chi connectivity index (χ1) is 6.59. The van der Waals surface area contributed by atoms with Gasteiger partial charge in [0, 0.05) is 0 Å². The highest BCUT2D eigenvalue weighted by molar-refractivity contribution is 9.10. The number of hydrogen-bond donors (Lipinski definition) is 0. The first kappa shape index (κ1) is 9.93. The molecule has 1 aliphatic heterocycles. The van der Waals surface area contributed by atoms with Gasteiger partial charge in [-0.15, -0.1) is 0 Å². The van der Waals surface area contributed by atoms with Crippen LogP contribution in [0.15, 0.2) is 22.7 Å². The summed E-state index contributed by atoms with van der Waals surface area (Å²) in [5.41, 5.74) is -0.253. The normalized spacial score (nSPS) is 18.8. The van der Waals surface area contributed by atoms with Gasteiger partial charge < -0.3 is 9.47 Å². The molecule has 2 nitrogen and oxygen atoms in total. The summed E-state index contributed by atoms with van der Waals surface area (Å²) >= 11 is 3.11. The Kier molecular flexibility index (Phi) is 2.49. The summed E-state index contributed by atoms with van der Waals surface area (Å²) in [6, 6.07) is 4.62. The summed E-state index contributed by atoms with van der Waals surface area (Å²) in [7, 11) is 0. The smallest absolute Gasteiger partial charge is 0.152 e. The molecule has 2 rings (SSSR count). The summed E-state index contributed by atoms with van der Waals surface area (Å²) in [6.45, 7) is 3.14. The van der Waals surface area contributed by atoms with Gasteiger partial charge >= 0.3 is 0 Å². The van der Waals surface area contributed by atoms with Crippen LogP contribution in [0.2, 0.25) is 0 Å². The van der Waals surface area contributed by atoms with E-state index in [2.05, 4.69) is 15.9 Å². The van der Waals surface area contributed by atoms with E-state index in [1.54, 1.807) is 12.1 Å². The number of ether oxygens (including phenoxy) is 2. The molecule has 0 radical (unpaired) electrons. The molecule has 1 saturated heterocycles. The molecule has 0 N–H and O–H groups in total. The zero-order valence-electron chi connectivity index (χ0n) is 7.72. The Labute approximate surface area is 90.1 Å². The van der Waals surface area contributed by atoms with Crippen molar-refractivity contribution in [3.63, 3.8) is 0 Å². The molecule has 0 aromatic heterocycles. The predicted octanol–water partition coefficient (Wildman–Crippen LogP) is 2.76. The Morgan fingerprint density at radius 1 is 1.50 bits per heavy atom. The molecule has 1 aliphatic rings. The average molecular weight is 261 g/mol. The molecule has 0 unspecified atom stereocenters. The molecule has 1 aromatic carbocycles. The number of rotatable bonds is 2. The zero-order valence-corrected chi connectivity index (χ0v) is 9.30. The zero-order chi connectivity index (χ0) is 10.2. The highest BCUT2D eigenvalue weighted by Crippen LogP contribution is 2.28. The summed E-state index contributed by atoms with van der Waals surface area (Å²) in [5.74, 6) is 0.372. The Morgan fingerprint density at radius 3 is 2.71 bits per heavy atom.